The van der Waals surface area contributed by atoms with Gasteiger partial charge in [-0.25, -0.2) is 0 Å². The Balaban J connectivity index is 1.31. The molecular weight excluding hydrogens is 334 g/mol. The first-order chi connectivity index (χ1) is 12.5. The van der Waals surface area contributed by atoms with Crippen LogP contribution in [0, 0.1) is 0 Å². The molecule has 0 spiro atoms. The van der Waals surface area contributed by atoms with Gasteiger partial charge in [-0.15, -0.1) is 0 Å². The zero-order valence-corrected chi connectivity index (χ0v) is 14.8. The van der Waals surface area contributed by atoms with E-state index in [-0.39, 0.29) is 18.3 Å². The van der Waals surface area contributed by atoms with E-state index in [1.54, 1.807) is 18.2 Å². The lowest BCUT2D eigenvalue weighted by molar-refractivity contribution is 0.0945. The highest BCUT2D eigenvalue weighted by Crippen LogP contribution is 2.41. The van der Waals surface area contributed by atoms with Gasteiger partial charge in [0.05, 0.1) is 6.54 Å². The minimum atomic E-state index is -0.213. The van der Waals surface area contributed by atoms with Gasteiger partial charge in [-0.3, -0.25) is 4.79 Å². The quantitative estimate of drug-likeness (QED) is 0.836. The van der Waals surface area contributed by atoms with Crippen molar-refractivity contribution in [3.8, 4) is 23.0 Å². The molecule has 6 heteroatoms. The molecule has 2 heterocycles. The minimum Gasteiger partial charge on any atom is -0.488 e. The van der Waals surface area contributed by atoms with Gasteiger partial charge in [0.2, 0.25) is 6.79 Å². The average Bonchev–Trinajstić information content (AvgIpc) is 3.20. The molecule has 0 radical (unpaired) electrons. The molecule has 0 unspecified atom stereocenters. The number of carbonyl (C=O) groups excluding carboxylic acids is 1. The lowest BCUT2D eigenvalue weighted by atomic mass is 10.0. The second-order valence-corrected chi connectivity index (χ2v) is 6.96. The van der Waals surface area contributed by atoms with Gasteiger partial charge in [0.25, 0.3) is 5.91 Å². The van der Waals surface area contributed by atoms with Crippen molar-refractivity contribution >= 4 is 5.91 Å². The maximum absolute atomic E-state index is 12.2. The molecule has 0 saturated carbocycles. The summed E-state index contributed by atoms with van der Waals surface area (Å²) in [7, 11) is 0. The van der Waals surface area contributed by atoms with Crippen LogP contribution in [0.4, 0.5) is 0 Å². The fraction of sp³-hybridized carbons (Fsp3) is 0.350. The molecule has 2 aromatic carbocycles. The third kappa shape index (κ3) is 3.27. The zero-order valence-electron chi connectivity index (χ0n) is 14.8. The van der Waals surface area contributed by atoms with Gasteiger partial charge in [-0.1, -0.05) is 12.1 Å². The van der Waals surface area contributed by atoms with E-state index >= 15 is 0 Å². The number of fused-ring (bicyclic) bond motifs is 2. The molecule has 2 aromatic rings. The van der Waals surface area contributed by atoms with Gasteiger partial charge in [-0.05, 0) is 38.1 Å². The highest BCUT2D eigenvalue weighted by atomic mass is 16.7. The Morgan fingerprint density at radius 3 is 2.92 bits per heavy atom. The largest absolute Gasteiger partial charge is 0.488 e. The molecule has 2 aliphatic rings. The number of para-hydroxylation sites is 1. The Hall–Kier alpha value is -2.89. The van der Waals surface area contributed by atoms with Gasteiger partial charge in [-0.2, -0.15) is 0 Å². The molecule has 136 valence electrons. The standard InChI is InChI=1S/C20H21NO5/c1-20(2)11-14-4-3-5-16(18(14)26-20)23-9-8-21-19(22)13-6-7-15-17(10-13)25-12-24-15/h3-7,10H,8-9,11-12H2,1-2H3,(H,21,22). The zero-order chi connectivity index (χ0) is 18.1. The van der Waals surface area contributed by atoms with Crippen LogP contribution in [0.2, 0.25) is 0 Å². The summed E-state index contributed by atoms with van der Waals surface area (Å²) in [4.78, 5) is 12.2. The van der Waals surface area contributed by atoms with E-state index in [1.807, 2.05) is 12.1 Å². The van der Waals surface area contributed by atoms with Crippen molar-refractivity contribution in [3.05, 3.63) is 47.5 Å². The maximum Gasteiger partial charge on any atom is 0.251 e. The molecule has 26 heavy (non-hydrogen) atoms. The fourth-order valence-electron chi connectivity index (χ4n) is 3.17. The van der Waals surface area contributed by atoms with Crippen LogP contribution in [0.5, 0.6) is 23.0 Å². The number of hydrogen-bond donors (Lipinski definition) is 1. The van der Waals surface area contributed by atoms with Gasteiger partial charge >= 0.3 is 0 Å². The van der Waals surface area contributed by atoms with Crippen molar-refractivity contribution in [2.24, 2.45) is 0 Å². The van der Waals surface area contributed by atoms with Crippen LogP contribution in [0.3, 0.4) is 0 Å². The van der Waals surface area contributed by atoms with E-state index < -0.39 is 0 Å². The molecule has 6 nitrogen and oxygen atoms in total. The molecule has 4 rings (SSSR count). The van der Waals surface area contributed by atoms with Gasteiger partial charge in [0.15, 0.2) is 23.0 Å². The first-order valence-electron chi connectivity index (χ1n) is 8.63. The van der Waals surface area contributed by atoms with Crippen LogP contribution < -0.4 is 24.3 Å². The number of ether oxygens (including phenoxy) is 4. The molecule has 0 saturated heterocycles. The minimum absolute atomic E-state index is 0.178. The summed E-state index contributed by atoms with van der Waals surface area (Å²) in [6, 6.07) is 11.0. The number of amides is 1. The number of rotatable bonds is 5. The fourth-order valence-corrected chi connectivity index (χ4v) is 3.17. The predicted octanol–water partition coefficient (Wildman–Crippen LogP) is 2.94. The summed E-state index contributed by atoms with van der Waals surface area (Å²) in [5, 5.41) is 2.84. The van der Waals surface area contributed by atoms with E-state index in [4.69, 9.17) is 18.9 Å². The van der Waals surface area contributed by atoms with Gasteiger partial charge in [0.1, 0.15) is 12.2 Å². The number of nitrogens with one attached hydrogen (secondary N) is 1. The number of hydrogen-bond acceptors (Lipinski definition) is 5. The first kappa shape index (κ1) is 16.6. The van der Waals surface area contributed by atoms with Crippen LogP contribution in [0.1, 0.15) is 29.8 Å². The van der Waals surface area contributed by atoms with Crippen molar-refractivity contribution in [2.75, 3.05) is 19.9 Å². The molecule has 0 aromatic heterocycles. The molecule has 0 atom stereocenters. The Labute approximate surface area is 152 Å². The molecule has 2 aliphatic heterocycles. The van der Waals surface area contributed by atoms with E-state index in [2.05, 4.69) is 25.2 Å². The van der Waals surface area contributed by atoms with Crippen molar-refractivity contribution in [2.45, 2.75) is 25.9 Å². The van der Waals surface area contributed by atoms with E-state index in [9.17, 15) is 4.79 Å². The van der Waals surface area contributed by atoms with Gasteiger partial charge < -0.3 is 24.3 Å². The van der Waals surface area contributed by atoms with Gasteiger partial charge in [0, 0.05) is 17.5 Å². The van der Waals surface area contributed by atoms with Crippen molar-refractivity contribution in [1.29, 1.82) is 0 Å². The lowest BCUT2D eigenvalue weighted by Crippen LogP contribution is -2.28. The predicted molar refractivity (Wildman–Crippen MR) is 95.2 cm³/mol. The molecule has 0 bridgehead atoms. The van der Waals surface area contributed by atoms with Crippen LogP contribution in [0.25, 0.3) is 0 Å². The summed E-state index contributed by atoms with van der Waals surface area (Å²) >= 11 is 0. The monoisotopic (exact) mass is 355 g/mol. The number of carbonyl (C=O) groups is 1. The average molecular weight is 355 g/mol. The Morgan fingerprint density at radius 2 is 2.04 bits per heavy atom. The first-order valence-corrected chi connectivity index (χ1v) is 8.63. The summed E-state index contributed by atoms with van der Waals surface area (Å²) in [6.07, 6.45) is 0.861. The molecular formula is C20H21NO5. The second kappa shape index (κ2) is 6.44. The van der Waals surface area contributed by atoms with E-state index in [0.717, 1.165) is 17.7 Å². The van der Waals surface area contributed by atoms with Crippen LogP contribution in [-0.2, 0) is 6.42 Å². The third-order valence-corrected chi connectivity index (χ3v) is 4.33. The van der Waals surface area contributed by atoms with Crippen molar-refractivity contribution in [1.82, 2.24) is 5.32 Å². The molecule has 1 amide bonds. The molecule has 0 aliphatic carbocycles. The third-order valence-electron chi connectivity index (χ3n) is 4.33. The second-order valence-electron chi connectivity index (χ2n) is 6.96. The van der Waals surface area contributed by atoms with Crippen LogP contribution in [-0.4, -0.2) is 31.5 Å². The van der Waals surface area contributed by atoms with Crippen molar-refractivity contribution < 1.29 is 23.7 Å². The summed E-state index contributed by atoms with van der Waals surface area (Å²) in [5.74, 6) is 2.59. The smallest absolute Gasteiger partial charge is 0.251 e. The highest BCUT2D eigenvalue weighted by Gasteiger charge is 2.32. The van der Waals surface area contributed by atoms with E-state index in [0.29, 0.717) is 36.0 Å². The van der Waals surface area contributed by atoms with Crippen molar-refractivity contribution in [3.63, 3.8) is 0 Å². The summed E-state index contributed by atoms with van der Waals surface area (Å²) in [5.41, 5.74) is 1.46. The normalized spacial score (nSPS) is 15.9. The maximum atomic E-state index is 12.2. The SMILES string of the molecule is CC1(C)Cc2cccc(OCCNC(=O)c3ccc4c(c3)OCO4)c2O1. The molecule has 1 N–H and O–H groups in total. The van der Waals surface area contributed by atoms with Crippen LogP contribution >= 0.6 is 0 Å². The Kier molecular flexibility index (Phi) is 4.11. The lowest BCUT2D eigenvalue weighted by Gasteiger charge is -2.18. The Bertz CT molecular complexity index is 846. The Morgan fingerprint density at radius 1 is 1.19 bits per heavy atom. The molecule has 0 fully saturated rings. The van der Waals surface area contributed by atoms with Crippen LogP contribution in [0.15, 0.2) is 36.4 Å². The topological polar surface area (TPSA) is 66.0 Å². The number of benzene rings is 2. The highest BCUT2D eigenvalue weighted by molar-refractivity contribution is 5.94. The van der Waals surface area contributed by atoms with E-state index in [1.165, 1.54) is 0 Å². The summed E-state index contributed by atoms with van der Waals surface area (Å²) in [6.45, 7) is 5.05. The summed E-state index contributed by atoms with van der Waals surface area (Å²) < 4.78 is 22.3.